The van der Waals surface area contributed by atoms with Gasteiger partial charge in [-0.2, -0.15) is 13.2 Å². The van der Waals surface area contributed by atoms with Gasteiger partial charge in [0, 0.05) is 28.7 Å². The van der Waals surface area contributed by atoms with E-state index in [1.165, 1.54) is 35.6 Å². The lowest BCUT2D eigenvalue weighted by molar-refractivity contribution is -0.0328. The molecule has 0 saturated carbocycles. The first-order chi connectivity index (χ1) is 12.9. The molecule has 9 heteroatoms. The lowest BCUT2D eigenvalue weighted by Crippen LogP contribution is -2.09. The Balaban J connectivity index is 1.56. The molecule has 0 spiro atoms. The summed E-state index contributed by atoms with van der Waals surface area (Å²) in [4.78, 5) is 16.9. The summed E-state index contributed by atoms with van der Waals surface area (Å²) in [5, 5.41) is 2.70. The van der Waals surface area contributed by atoms with Gasteiger partial charge < -0.3 is 5.32 Å². The normalized spacial score (nSPS) is 11.4. The Labute approximate surface area is 166 Å². The number of carbonyl (C=O) groups is 1. The van der Waals surface area contributed by atoms with E-state index in [4.69, 9.17) is 0 Å². The van der Waals surface area contributed by atoms with Crippen LogP contribution in [0.3, 0.4) is 0 Å². The van der Waals surface area contributed by atoms with Crippen LogP contribution in [-0.4, -0.2) is 16.4 Å². The van der Waals surface area contributed by atoms with Crippen LogP contribution in [0.15, 0.2) is 70.0 Å². The molecule has 0 aliphatic carbocycles. The standard InChI is InChI=1S/C18H13F3N2OS3/c19-18(20,21)27-14-3-1-13(2-4-14)23-17(24)15-5-6-16(26-15)25-11-12-7-9-22-10-8-12/h1-10H,11H2,(H,23,24). The van der Waals surface area contributed by atoms with Crippen molar-refractivity contribution in [3.05, 3.63) is 71.4 Å². The maximum absolute atomic E-state index is 12.3. The average molecular weight is 427 g/mol. The quantitative estimate of drug-likeness (QED) is 0.470. The van der Waals surface area contributed by atoms with Gasteiger partial charge in [-0.1, -0.05) is 0 Å². The highest BCUT2D eigenvalue weighted by molar-refractivity contribution is 8.00. The number of benzene rings is 1. The monoisotopic (exact) mass is 426 g/mol. The molecule has 0 fully saturated rings. The molecule has 2 aromatic heterocycles. The van der Waals surface area contributed by atoms with Crippen molar-refractivity contribution < 1.29 is 18.0 Å². The number of nitrogens with one attached hydrogen (secondary N) is 1. The summed E-state index contributed by atoms with van der Waals surface area (Å²) in [6.45, 7) is 0. The number of rotatable bonds is 6. The van der Waals surface area contributed by atoms with E-state index in [1.54, 1.807) is 30.2 Å². The van der Waals surface area contributed by atoms with E-state index in [0.717, 1.165) is 15.5 Å². The number of nitrogens with zero attached hydrogens (tertiary/aromatic N) is 1. The highest BCUT2D eigenvalue weighted by Gasteiger charge is 2.29. The molecule has 0 atom stereocenters. The Bertz CT molecular complexity index is 896. The predicted octanol–water partition coefficient (Wildman–Crippen LogP) is 6.30. The Morgan fingerprint density at radius 3 is 2.41 bits per heavy atom. The zero-order valence-corrected chi connectivity index (χ0v) is 16.1. The highest BCUT2D eigenvalue weighted by Crippen LogP contribution is 2.37. The van der Waals surface area contributed by atoms with Gasteiger partial charge in [0.15, 0.2) is 0 Å². The summed E-state index contributed by atoms with van der Waals surface area (Å²) in [5.41, 5.74) is -2.73. The van der Waals surface area contributed by atoms with Crippen molar-refractivity contribution in [2.45, 2.75) is 20.4 Å². The molecule has 1 amide bonds. The largest absolute Gasteiger partial charge is 0.446 e. The molecule has 0 unspecified atom stereocenters. The van der Waals surface area contributed by atoms with Crippen molar-refractivity contribution in [1.29, 1.82) is 0 Å². The Morgan fingerprint density at radius 2 is 1.74 bits per heavy atom. The molecule has 140 valence electrons. The van der Waals surface area contributed by atoms with Crippen molar-refractivity contribution in [1.82, 2.24) is 4.98 Å². The fraction of sp³-hybridized carbons (Fsp3) is 0.111. The van der Waals surface area contributed by atoms with Crippen LogP contribution in [0.5, 0.6) is 0 Å². The van der Waals surface area contributed by atoms with Crippen LogP contribution < -0.4 is 5.32 Å². The molecule has 3 nitrogen and oxygen atoms in total. The third-order valence-corrected chi connectivity index (χ3v) is 6.40. The average Bonchev–Trinajstić information content (AvgIpc) is 3.10. The van der Waals surface area contributed by atoms with Gasteiger partial charge >= 0.3 is 5.51 Å². The van der Waals surface area contributed by atoms with E-state index in [2.05, 4.69) is 10.3 Å². The van der Waals surface area contributed by atoms with Crippen molar-refractivity contribution in [2.75, 3.05) is 5.32 Å². The van der Waals surface area contributed by atoms with Gasteiger partial charge in [-0.25, -0.2) is 0 Å². The van der Waals surface area contributed by atoms with Crippen LogP contribution in [0, 0.1) is 0 Å². The second-order valence-electron chi connectivity index (χ2n) is 5.29. The van der Waals surface area contributed by atoms with E-state index in [0.29, 0.717) is 10.6 Å². The fourth-order valence-corrected chi connectivity index (χ4v) is 4.61. The number of amides is 1. The first kappa shape index (κ1) is 19.8. The predicted molar refractivity (Wildman–Crippen MR) is 104 cm³/mol. The molecular weight excluding hydrogens is 413 g/mol. The summed E-state index contributed by atoms with van der Waals surface area (Å²) in [7, 11) is 0. The number of aromatic nitrogens is 1. The topological polar surface area (TPSA) is 42.0 Å². The number of anilines is 1. The lowest BCUT2D eigenvalue weighted by Gasteiger charge is -2.07. The van der Waals surface area contributed by atoms with E-state index >= 15 is 0 Å². The molecule has 0 radical (unpaired) electrons. The first-order valence-corrected chi connectivity index (χ1v) is 10.3. The van der Waals surface area contributed by atoms with Crippen molar-refractivity contribution >= 4 is 46.5 Å². The zero-order chi connectivity index (χ0) is 19.3. The second kappa shape index (κ2) is 8.81. The number of halogens is 3. The molecule has 2 heterocycles. The maximum Gasteiger partial charge on any atom is 0.446 e. The van der Waals surface area contributed by atoms with Gasteiger partial charge in [-0.3, -0.25) is 9.78 Å². The van der Waals surface area contributed by atoms with Crippen LogP contribution >= 0.6 is 34.9 Å². The fourth-order valence-electron chi connectivity index (χ4n) is 2.09. The van der Waals surface area contributed by atoms with Crippen LogP contribution in [0.2, 0.25) is 0 Å². The molecular formula is C18H13F3N2OS3. The number of hydrogen-bond acceptors (Lipinski definition) is 5. The van der Waals surface area contributed by atoms with Crippen LogP contribution in [-0.2, 0) is 5.75 Å². The van der Waals surface area contributed by atoms with E-state index in [9.17, 15) is 18.0 Å². The van der Waals surface area contributed by atoms with Gasteiger partial charge in [0.25, 0.3) is 5.91 Å². The number of alkyl halides is 3. The Kier molecular flexibility index (Phi) is 6.46. The van der Waals surface area contributed by atoms with Crippen LogP contribution in [0.25, 0.3) is 0 Å². The number of thioether (sulfide) groups is 2. The molecule has 1 N–H and O–H groups in total. The zero-order valence-electron chi connectivity index (χ0n) is 13.7. The third-order valence-electron chi connectivity index (χ3n) is 3.28. The number of carbonyl (C=O) groups excluding carboxylic acids is 1. The van der Waals surface area contributed by atoms with Crippen molar-refractivity contribution in [3.8, 4) is 0 Å². The van der Waals surface area contributed by atoms with Crippen molar-refractivity contribution in [2.24, 2.45) is 0 Å². The SMILES string of the molecule is O=C(Nc1ccc(SC(F)(F)F)cc1)c1ccc(SCc2ccncc2)s1. The van der Waals surface area contributed by atoms with Gasteiger partial charge in [0.2, 0.25) is 0 Å². The molecule has 3 aromatic rings. The first-order valence-electron chi connectivity index (χ1n) is 7.68. The highest BCUT2D eigenvalue weighted by atomic mass is 32.2. The second-order valence-corrected chi connectivity index (χ2v) is 8.79. The van der Waals surface area contributed by atoms with E-state index in [-0.39, 0.29) is 22.6 Å². The summed E-state index contributed by atoms with van der Waals surface area (Å²) in [5.74, 6) is 0.495. The molecule has 27 heavy (non-hydrogen) atoms. The minimum atomic E-state index is -4.33. The summed E-state index contributed by atoms with van der Waals surface area (Å²) >= 11 is 2.81. The van der Waals surface area contributed by atoms with Crippen LogP contribution in [0.4, 0.5) is 18.9 Å². The molecule has 1 aromatic carbocycles. The molecule has 0 aliphatic heterocycles. The molecule has 0 saturated heterocycles. The van der Waals surface area contributed by atoms with Crippen molar-refractivity contribution in [3.63, 3.8) is 0 Å². The Morgan fingerprint density at radius 1 is 1.04 bits per heavy atom. The Hall–Kier alpha value is -1.97. The smallest absolute Gasteiger partial charge is 0.321 e. The van der Waals surface area contributed by atoms with Gasteiger partial charge in [0.05, 0.1) is 9.09 Å². The third kappa shape index (κ3) is 6.30. The summed E-state index contributed by atoms with van der Waals surface area (Å²) < 4.78 is 38.0. The van der Waals surface area contributed by atoms with Gasteiger partial charge in [-0.15, -0.1) is 23.1 Å². The number of pyridine rings is 1. The van der Waals surface area contributed by atoms with E-state index in [1.807, 2.05) is 18.2 Å². The van der Waals surface area contributed by atoms with Gasteiger partial charge in [-0.05, 0) is 65.9 Å². The molecule has 3 rings (SSSR count). The minimum absolute atomic E-state index is 0.0754. The molecule has 0 bridgehead atoms. The maximum atomic E-state index is 12.3. The molecule has 0 aliphatic rings. The van der Waals surface area contributed by atoms with E-state index < -0.39 is 5.51 Å². The minimum Gasteiger partial charge on any atom is -0.321 e. The number of thiophene rings is 1. The lowest BCUT2D eigenvalue weighted by atomic mass is 10.3. The van der Waals surface area contributed by atoms with Crippen LogP contribution in [0.1, 0.15) is 15.2 Å². The summed E-state index contributed by atoms with van der Waals surface area (Å²) in [6.07, 6.45) is 3.48. The summed E-state index contributed by atoms with van der Waals surface area (Å²) in [6, 6.07) is 13.1. The number of hydrogen-bond donors (Lipinski definition) is 1. The van der Waals surface area contributed by atoms with Gasteiger partial charge in [0.1, 0.15) is 0 Å².